The fourth-order valence-corrected chi connectivity index (χ4v) is 6.42. The third-order valence-electron chi connectivity index (χ3n) is 9.11. The van der Waals surface area contributed by atoms with E-state index in [4.69, 9.17) is 9.47 Å². The van der Waals surface area contributed by atoms with E-state index in [1.54, 1.807) is 6.08 Å². The average molecular weight is 597 g/mol. The molecule has 0 saturated carbocycles. The molecule has 0 radical (unpaired) electrons. The number of hydrogen-bond donors (Lipinski definition) is 4. The Morgan fingerprint density at radius 1 is 0.667 bits per heavy atom. The molecule has 2 rings (SSSR count). The fraction of sp³-hybridized carbons (Fsp3) is 0.914. The van der Waals surface area contributed by atoms with Crippen molar-refractivity contribution in [1.82, 2.24) is 0 Å². The lowest BCUT2D eigenvalue weighted by Crippen LogP contribution is -2.31. The summed E-state index contributed by atoms with van der Waals surface area (Å²) >= 11 is 0. The van der Waals surface area contributed by atoms with Crippen LogP contribution < -0.4 is 0 Å². The molecule has 0 aromatic rings. The number of ether oxygens (including phenoxy) is 2. The standard InChI is InChI=1S/C35H64O7/c1-3-4-5-6-7-8-9-16-21-31(38)33-23-24-34(42-33)32(39)22-17-11-10-13-18-29(36)19-14-12-15-20-30(37)26-28-25-27(2)41-35(28)40/h25,27,29-34,36-39H,3-24,26H2,1-2H3/t27-,29?,30?,31-,32-,33-,34-/m0/s1. The van der Waals surface area contributed by atoms with Crippen molar-refractivity contribution >= 4 is 5.97 Å². The molecular weight excluding hydrogens is 532 g/mol. The normalized spacial score (nSPS) is 23.5. The summed E-state index contributed by atoms with van der Waals surface area (Å²) in [6.07, 6.45) is 22.4. The lowest BCUT2D eigenvalue weighted by molar-refractivity contribution is -0.139. The zero-order valence-electron chi connectivity index (χ0n) is 26.9. The van der Waals surface area contributed by atoms with Crippen LogP contribution in [0.15, 0.2) is 11.6 Å². The van der Waals surface area contributed by atoms with E-state index in [1.807, 2.05) is 6.92 Å². The number of cyclic esters (lactones) is 1. The van der Waals surface area contributed by atoms with Gasteiger partial charge in [-0.3, -0.25) is 0 Å². The van der Waals surface area contributed by atoms with Crippen LogP contribution in [0.3, 0.4) is 0 Å². The van der Waals surface area contributed by atoms with Gasteiger partial charge in [-0.1, -0.05) is 103 Å². The van der Waals surface area contributed by atoms with Gasteiger partial charge in [-0.25, -0.2) is 4.79 Å². The van der Waals surface area contributed by atoms with Gasteiger partial charge in [-0.05, 0) is 57.9 Å². The van der Waals surface area contributed by atoms with Gasteiger partial charge in [0, 0.05) is 12.0 Å². The molecule has 0 aliphatic carbocycles. The Kier molecular flexibility index (Phi) is 19.9. The maximum absolute atomic E-state index is 11.6. The van der Waals surface area contributed by atoms with Crippen LogP contribution in [0.25, 0.3) is 0 Å². The van der Waals surface area contributed by atoms with E-state index in [1.165, 1.54) is 44.9 Å². The van der Waals surface area contributed by atoms with Gasteiger partial charge >= 0.3 is 5.97 Å². The summed E-state index contributed by atoms with van der Waals surface area (Å²) in [4.78, 5) is 11.6. The van der Waals surface area contributed by atoms with Crippen LogP contribution in [0.4, 0.5) is 0 Å². The fourth-order valence-electron chi connectivity index (χ4n) is 6.42. The van der Waals surface area contributed by atoms with Crippen LogP contribution in [-0.2, 0) is 14.3 Å². The molecule has 4 N–H and O–H groups in total. The molecule has 0 aromatic carbocycles. The minimum absolute atomic E-state index is 0.125. The second-order valence-electron chi connectivity index (χ2n) is 13.1. The molecule has 42 heavy (non-hydrogen) atoms. The first-order valence-corrected chi connectivity index (χ1v) is 17.6. The van der Waals surface area contributed by atoms with E-state index in [0.29, 0.717) is 18.4 Å². The van der Waals surface area contributed by atoms with Crippen molar-refractivity contribution in [1.29, 1.82) is 0 Å². The first-order chi connectivity index (χ1) is 20.3. The molecule has 7 nitrogen and oxygen atoms in total. The van der Waals surface area contributed by atoms with Gasteiger partial charge in [0.05, 0.1) is 36.6 Å². The molecule has 2 aliphatic heterocycles. The van der Waals surface area contributed by atoms with Gasteiger partial charge in [0.25, 0.3) is 0 Å². The Morgan fingerprint density at radius 3 is 1.57 bits per heavy atom. The lowest BCUT2D eigenvalue weighted by Gasteiger charge is -2.22. The number of aliphatic hydroxyl groups is 4. The highest BCUT2D eigenvalue weighted by atomic mass is 16.5. The van der Waals surface area contributed by atoms with Crippen molar-refractivity contribution < 1.29 is 34.7 Å². The van der Waals surface area contributed by atoms with E-state index in [-0.39, 0.29) is 30.4 Å². The van der Waals surface area contributed by atoms with E-state index in [0.717, 1.165) is 89.9 Å². The minimum Gasteiger partial charge on any atom is -0.455 e. The van der Waals surface area contributed by atoms with Crippen LogP contribution in [0.1, 0.15) is 162 Å². The van der Waals surface area contributed by atoms with Crippen LogP contribution >= 0.6 is 0 Å². The van der Waals surface area contributed by atoms with Gasteiger partial charge in [-0.15, -0.1) is 0 Å². The number of unbranched alkanes of at least 4 members (excludes halogenated alkanes) is 12. The first kappa shape index (κ1) is 37.2. The second-order valence-corrected chi connectivity index (χ2v) is 13.1. The van der Waals surface area contributed by atoms with Gasteiger partial charge in [0.15, 0.2) is 0 Å². The Morgan fingerprint density at radius 2 is 1.10 bits per heavy atom. The molecule has 1 fully saturated rings. The summed E-state index contributed by atoms with van der Waals surface area (Å²) in [6, 6.07) is 0. The molecule has 7 heteroatoms. The Balaban J connectivity index is 1.39. The topological polar surface area (TPSA) is 116 Å². The number of esters is 1. The second kappa shape index (κ2) is 22.5. The van der Waals surface area contributed by atoms with Crippen molar-refractivity contribution in [3.63, 3.8) is 0 Å². The summed E-state index contributed by atoms with van der Waals surface area (Å²) in [7, 11) is 0. The van der Waals surface area contributed by atoms with Crippen LogP contribution in [0, 0.1) is 0 Å². The van der Waals surface area contributed by atoms with Crippen LogP contribution in [0.2, 0.25) is 0 Å². The summed E-state index contributed by atoms with van der Waals surface area (Å²) in [5.41, 5.74) is 0.583. The predicted molar refractivity (Wildman–Crippen MR) is 168 cm³/mol. The number of rotatable bonds is 26. The van der Waals surface area contributed by atoms with Crippen LogP contribution in [0.5, 0.6) is 0 Å². The third-order valence-corrected chi connectivity index (χ3v) is 9.11. The zero-order chi connectivity index (χ0) is 30.6. The summed E-state index contributed by atoms with van der Waals surface area (Å²) < 4.78 is 11.1. The van der Waals surface area contributed by atoms with Crippen molar-refractivity contribution in [2.75, 3.05) is 0 Å². The molecule has 0 aromatic heterocycles. The van der Waals surface area contributed by atoms with Crippen molar-refractivity contribution in [2.24, 2.45) is 0 Å². The molecule has 0 bridgehead atoms. The summed E-state index contributed by atoms with van der Waals surface area (Å²) in [5, 5.41) is 41.6. The van der Waals surface area contributed by atoms with E-state index in [2.05, 4.69) is 6.92 Å². The summed E-state index contributed by atoms with van der Waals surface area (Å²) in [5.74, 6) is -0.308. The van der Waals surface area contributed by atoms with Gasteiger partial charge in [0.1, 0.15) is 6.10 Å². The number of hydrogen-bond acceptors (Lipinski definition) is 7. The van der Waals surface area contributed by atoms with Crippen molar-refractivity contribution in [2.45, 2.75) is 204 Å². The SMILES string of the molecule is CCCCCCCCCC[C@H](O)[C@@H]1CC[C@@H]([C@@H](O)CCCCCCC(O)CCCCCC(O)CC2=C[C@H](C)OC2=O)O1. The number of aliphatic hydroxyl groups excluding tert-OH is 4. The molecular formula is C35H64O7. The van der Waals surface area contributed by atoms with Crippen molar-refractivity contribution in [3.05, 3.63) is 11.6 Å². The summed E-state index contributed by atoms with van der Waals surface area (Å²) in [6.45, 7) is 4.06. The molecule has 246 valence electrons. The van der Waals surface area contributed by atoms with E-state index >= 15 is 0 Å². The maximum Gasteiger partial charge on any atom is 0.334 e. The molecule has 2 unspecified atom stereocenters. The Labute approximate surface area is 256 Å². The van der Waals surface area contributed by atoms with Gasteiger partial charge in [0.2, 0.25) is 0 Å². The van der Waals surface area contributed by atoms with Gasteiger partial charge in [-0.2, -0.15) is 0 Å². The van der Waals surface area contributed by atoms with Crippen LogP contribution in [-0.4, -0.2) is 69.1 Å². The predicted octanol–water partition coefficient (Wildman–Crippen LogP) is 7.06. The highest BCUT2D eigenvalue weighted by molar-refractivity contribution is 5.90. The van der Waals surface area contributed by atoms with E-state index in [9.17, 15) is 25.2 Å². The first-order valence-electron chi connectivity index (χ1n) is 17.6. The molecule has 1 saturated heterocycles. The monoisotopic (exact) mass is 596 g/mol. The smallest absolute Gasteiger partial charge is 0.334 e. The van der Waals surface area contributed by atoms with E-state index < -0.39 is 18.3 Å². The Hall–Kier alpha value is -0.990. The minimum atomic E-state index is -0.518. The third kappa shape index (κ3) is 16.2. The van der Waals surface area contributed by atoms with Crippen molar-refractivity contribution in [3.8, 4) is 0 Å². The molecule has 0 amide bonds. The molecule has 7 atom stereocenters. The lowest BCUT2D eigenvalue weighted by atomic mass is 9.99. The van der Waals surface area contributed by atoms with Gasteiger partial charge < -0.3 is 29.9 Å². The highest BCUT2D eigenvalue weighted by Gasteiger charge is 2.34. The maximum atomic E-state index is 11.6. The number of carbonyl (C=O) groups is 1. The quantitative estimate of drug-likeness (QED) is 0.0624. The zero-order valence-corrected chi connectivity index (χ0v) is 26.9. The highest BCUT2D eigenvalue weighted by Crippen LogP contribution is 2.28. The molecule has 2 aliphatic rings. The molecule has 0 spiro atoms. The largest absolute Gasteiger partial charge is 0.455 e. The number of carbonyl (C=O) groups excluding carboxylic acids is 1. The Bertz CT molecular complexity index is 726. The molecule has 2 heterocycles. The average Bonchev–Trinajstić information content (AvgIpc) is 3.58.